The monoisotopic (exact) mass is 234 g/mol. The van der Waals surface area contributed by atoms with E-state index in [2.05, 4.69) is 46.8 Å². The lowest BCUT2D eigenvalue weighted by atomic mass is 9.76. The van der Waals surface area contributed by atoms with E-state index in [0.29, 0.717) is 0 Å². The van der Waals surface area contributed by atoms with Crippen LogP contribution in [0.1, 0.15) is 66.7 Å². The van der Waals surface area contributed by atoms with Crippen molar-refractivity contribution in [3.63, 3.8) is 0 Å². The Kier molecular flexibility index (Phi) is 6.02. The third-order valence-electron chi connectivity index (χ3n) is 4.57. The fourth-order valence-corrected chi connectivity index (χ4v) is 3.32. The fourth-order valence-electron chi connectivity index (χ4n) is 3.32. The van der Waals surface area contributed by atoms with Crippen LogP contribution >= 0.6 is 0 Å². The molecule has 0 aromatic carbocycles. The van der Waals surface area contributed by atoms with Gasteiger partial charge in [-0.2, -0.15) is 0 Å². The van der Waals surface area contributed by atoms with Crippen LogP contribution in [0, 0.1) is 17.8 Å². The van der Waals surface area contributed by atoms with Crippen LogP contribution in [0.2, 0.25) is 0 Å². The largest absolute Gasteiger partial charge is 0.0665 e. The molecule has 17 heavy (non-hydrogen) atoms. The normalized spacial score (nSPS) is 20.8. The summed E-state index contributed by atoms with van der Waals surface area (Å²) in [6.45, 7) is 11.7. The summed E-state index contributed by atoms with van der Waals surface area (Å²) < 4.78 is 0. The molecule has 0 nitrogen and oxygen atoms in total. The van der Waals surface area contributed by atoms with Gasteiger partial charge in [-0.1, -0.05) is 57.9 Å². The lowest BCUT2D eigenvalue weighted by Gasteiger charge is -2.30. The van der Waals surface area contributed by atoms with Crippen molar-refractivity contribution in [3.05, 3.63) is 23.3 Å². The summed E-state index contributed by atoms with van der Waals surface area (Å²) in [6, 6.07) is 0. The minimum Gasteiger partial charge on any atom is -0.0665 e. The van der Waals surface area contributed by atoms with Gasteiger partial charge in [0.25, 0.3) is 0 Å². The highest BCUT2D eigenvalue weighted by Crippen LogP contribution is 2.36. The average Bonchev–Trinajstić information content (AvgIpc) is 2.34. The smallest absolute Gasteiger partial charge is 0.0188 e. The van der Waals surface area contributed by atoms with Gasteiger partial charge in [0.2, 0.25) is 0 Å². The molecule has 98 valence electrons. The molecule has 0 heteroatoms. The van der Waals surface area contributed by atoms with Crippen LogP contribution in [-0.4, -0.2) is 0 Å². The Balaban J connectivity index is 2.84. The molecule has 0 saturated carbocycles. The molecular weight excluding hydrogens is 204 g/mol. The van der Waals surface area contributed by atoms with Crippen molar-refractivity contribution in [2.24, 2.45) is 17.8 Å². The first-order valence-corrected chi connectivity index (χ1v) is 7.58. The van der Waals surface area contributed by atoms with Crippen molar-refractivity contribution < 1.29 is 0 Å². The standard InChI is InChI=1S/C17H30/c1-6-14(7-2)16-10-11-17(13(5)12-16)15(8-3)9-4/h10-11,13-15H,6-9,12H2,1-5H3. The summed E-state index contributed by atoms with van der Waals surface area (Å²) in [5.41, 5.74) is 3.39. The van der Waals surface area contributed by atoms with Crippen molar-refractivity contribution in [2.75, 3.05) is 0 Å². The highest BCUT2D eigenvalue weighted by Gasteiger charge is 2.22. The van der Waals surface area contributed by atoms with E-state index in [1.807, 2.05) is 0 Å². The van der Waals surface area contributed by atoms with Gasteiger partial charge >= 0.3 is 0 Å². The van der Waals surface area contributed by atoms with Gasteiger partial charge in [-0.05, 0) is 49.9 Å². The first-order chi connectivity index (χ1) is 8.17. The van der Waals surface area contributed by atoms with Crippen LogP contribution in [0.3, 0.4) is 0 Å². The van der Waals surface area contributed by atoms with Crippen molar-refractivity contribution in [1.82, 2.24) is 0 Å². The molecule has 0 bridgehead atoms. The van der Waals surface area contributed by atoms with Crippen LogP contribution in [-0.2, 0) is 0 Å². The Morgan fingerprint density at radius 3 is 1.88 bits per heavy atom. The molecule has 0 saturated heterocycles. The predicted molar refractivity (Wildman–Crippen MR) is 78.1 cm³/mol. The van der Waals surface area contributed by atoms with Crippen LogP contribution in [0.4, 0.5) is 0 Å². The SMILES string of the molecule is CCC(CC)C1=CC=C(C(CC)CC)C(C)C1. The Morgan fingerprint density at radius 1 is 0.941 bits per heavy atom. The number of allylic oxidation sites excluding steroid dienone is 4. The lowest BCUT2D eigenvalue weighted by Crippen LogP contribution is -2.16. The Bertz CT molecular complexity index is 274. The Hall–Kier alpha value is -0.520. The second kappa shape index (κ2) is 7.03. The Morgan fingerprint density at radius 2 is 1.47 bits per heavy atom. The van der Waals surface area contributed by atoms with Gasteiger partial charge in [0, 0.05) is 0 Å². The highest BCUT2D eigenvalue weighted by atomic mass is 14.3. The summed E-state index contributed by atoms with van der Waals surface area (Å²) in [7, 11) is 0. The molecule has 0 aliphatic heterocycles. The molecule has 0 spiro atoms. The summed E-state index contributed by atoms with van der Waals surface area (Å²) in [5.74, 6) is 2.39. The van der Waals surface area contributed by atoms with Crippen molar-refractivity contribution >= 4 is 0 Å². The molecular formula is C17H30. The van der Waals surface area contributed by atoms with E-state index in [-0.39, 0.29) is 0 Å². The van der Waals surface area contributed by atoms with Gasteiger partial charge in [0.1, 0.15) is 0 Å². The third kappa shape index (κ3) is 3.47. The van der Waals surface area contributed by atoms with Crippen LogP contribution in [0.25, 0.3) is 0 Å². The van der Waals surface area contributed by atoms with E-state index < -0.39 is 0 Å². The topological polar surface area (TPSA) is 0 Å². The molecule has 1 atom stereocenters. The Labute approximate surface area is 108 Å². The average molecular weight is 234 g/mol. The first kappa shape index (κ1) is 14.5. The molecule has 0 radical (unpaired) electrons. The second-order valence-electron chi connectivity index (χ2n) is 5.54. The van der Waals surface area contributed by atoms with Gasteiger partial charge in [0.15, 0.2) is 0 Å². The van der Waals surface area contributed by atoms with E-state index in [0.717, 1.165) is 17.8 Å². The van der Waals surface area contributed by atoms with Crippen LogP contribution < -0.4 is 0 Å². The van der Waals surface area contributed by atoms with Gasteiger partial charge < -0.3 is 0 Å². The minimum atomic E-state index is 0.764. The van der Waals surface area contributed by atoms with Crippen LogP contribution in [0.5, 0.6) is 0 Å². The predicted octanol–water partition coefficient (Wildman–Crippen LogP) is 5.75. The lowest BCUT2D eigenvalue weighted by molar-refractivity contribution is 0.458. The summed E-state index contributed by atoms with van der Waals surface area (Å²) in [4.78, 5) is 0. The van der Waals surface area contributed by atoms with E-state index >= 15 is 0 Å². The first-order valence-electron chi connectivity index (χ1n) is 7.58. The second-order valence-corrected chi connectivity index (χ2v) is 5.54. The zero-order chi connectivity index (χ0) is 12.8. The molecule has 1 unspecified atom stereocenters. The van der Waals surface area contributed by atoms with E-state index in [4.69, 9.17) is 0 Å². The number of rotatable bonds is 6. The zero-order valence-corrected chi connectivity index (χ0v) is 12.4. The van der Waals surface area contributed by atoms with E-state index in [1.54, 1.807) is 11.1 Å². The van der Waals surface area contributed by atoms with Crippen molar-refractivity contribution in [2.45, 2.75) is 66.7 Å². The van der Waals surface area contributed by atoms with Gasteiger partial charge in [0.05, 0.1) is 0 Å². The quantitative estimate of drug-likeness (QED) is 0.549. The van der Waals surface area contributed by atoms with Crippen LogP contribution in [0.15, 0.2) is 23.3 Å². The van der Waals surface area contributed by atoms with Crippen molar-refractivity contribution in [3.8, 4) is 0 Å². The molecule has 1 aliphatic rings. The van der Waals surface area contributed by atoms with E-state index in [1.165, 1.54) is 32.1 Å². The summed E-state index contributed by atoms with van der Waals surface area (Å²) in [5, 5.41) is 0. The summed E-state index contributed by atoms with van der Waals surface area (Å²) in [6.07, 6.45) is 11.4. The number of hydrogen-bond acceptors (Lipinski definition) is 0. The van der Waals surface area contributed by atoms with Crippen molar-refractivity contribution in [1.29, 1.82) is 0 Å². The molecule has 0 aromatic rings. The summed E-state index contributed by atoms with van der Waals surface area (Å²) >= 11 is 0. The van der Waals surface area contributed by atoms with Gasteiger partial charge in [-0.25, -0.2) is 0 Å². The maximum absolute atomic E-state index is 2.44. The van der Waals surface area contributed by atoms with E-state index in [9.17, 15) is 0 Å². The molecule has 0 N–H and O–H groups in total. The molecule has 0 heterocycles. The minimum absolute atomic E-state index is 0.764. The third-order valence-corrected chi connectivity index (χ3v) is 4.57. The maximum atomic E-state index is 2.44. The molecule has 0 fully saturated rings. The molecule has 0 amide bonds. The van der Waals surface area contributed by atoms with Gasteiger partial charge in [-0.3, -0.25) is 0 Å². The maximum Gasteiger partial charge on any atom is -0.0188 e. The molecule has 1 rings (SSSR count). The number of hydrogen-bond donors (Lipinski definition) is 0. The molecule has 1 aliphatic carbocycles. The molecule has 0 aromatic heterocycles. The van der Waals surface area contributed by atoms with Gasteiger partial charge in [-0.15, -0.1) is 0 Å². The highest BCUT2D eigenvalue weighted by molar-refractivity contribution is 5.29. The fraction of sp³-hybridized carbons (Fsp3) is 0.765. The zero-order valence-electron chi connectivity index (χ0n) is 12.4.